The first-order chi connectivity index (χ1) is 8.85. The van der Waals surface area contributed by atoms with E-state index >= 15 is 0 Å². The van der Waals surface area contributed by atoms with Crippen LogP contribution in [0.15, 0.2) is 0 Å². The van der Waals surface area contributed by atoms with Gasteiger partial charge in [-0.3, -0.25) is 9.80 Å². The number of hydrogen-bond donors (Lipinski definition) is 0. The summed E-state index contributed by atoms with van der Waals surface area (Å²) in [5.74, 6) is 0. The third-order valence-corrected chi connectivity index (χ3v) is 4.40. The molecule has 0 aliphatic carbocycles. The SMILES string of the molecule is CC(C)OCCN1CC2CC(C1)N2CCC(C)(C)C. The zero-order chi connectivity index (χ0) is 14.0. The maximum atomic E-state index is 5.66. The fourth-order valence-electron chi connectivity index (χ4n) is 3.20. The van der Waals surface area contributed by atoms with Crippen LogP contribution in [-0.2, 0) is 4.74 Å². The summed E-state index contributed by atoms with van der Waals surface area (Å²) in [6, 6.07) is 1.64. The zero-order valence-electron chi connectivity index (χ0n) is 13.5. The highest BCUT2D eigenvalue weighted by Gasteiger charge is 2.43. The fourth-order valence-corrected chi connectivity index (χ4v) is 3.20. The van der Waals surface area contributed by atoms with Gasteiger partial charge in [0.05, 0.1) is 12.7 Å². The Kier molecular flexibility index (Phi) is 4.91. The number of nitrogens with zero attached hydrogens (tertiary/aromatic N) is 2. The van der Waals surface area contributed by atoms with Gasteiger partial charge in [0.1, 0.15) is 0 Å². The van der Waals surface area contributed by atoms with E-state index in [1.165, 1.54) is 32.5 Å². The van der Waals surface area contributed by atoms with Crippen molar-refractivity contribution in [3.63, 3.8) is 0 Å². The van der Waals surface area contributed by atoms with Crippen LogP contribution >= 0.6 is 0 Å². The van der Waals surface area contributed by atoms with Gasteiger partial charge in [-0.05, 0) is 38.6 Å². The molecule has 0 spiro atoms. The first kappa shape index (κ1) is 15.3. The minimum absolute atomic E-state index is 0.364. The maximum Gasteiger partial charge on any atom is 0.0596 e. The molecular weight excluding hydrogens is 236 g/mol. The van der Waals surface area contributed by atoms with Gasteiger partial charge in [-0.2, -0.15) is 0 Å². The average Bonchev–Trinajstić information content (AvgIpc) is 2.27. The Bertz CT molecular complexity index is 273. The van der Waals surface area contributed by atoms with Crippen LogP contribution in [0.5, 0.6) is 0 Å². The summed E-state index contributed by atoms with van der Waals surface area (Å²) in [4.78, 5) is 5.33. The molecule has 3 fully saturated rings. The monoisotopic (exact) mass is 268 g/mol. The Hall–Kier alpha value is -0.120. The molecule has 0 N–H and O–H groups in total. The highest BCUT2D eigenvalue weighted by atomic mass is 16.5. The van der Waals surface area contributed by atoms with Gasteiger partial charge >= 0.3 is 0 Å². The highest BCUT2D eigenvalue weighted by Crippen LogP contribution is 2.33. The van der Waals surface area contributed by atoms with Gasteiger partial charge in [0.2, 0.25) is 0 Å². The van der Waals surface area contributed by atoms with E-state index in [1.54, 1.807) is 0 Å². The molecule has 19 heavy (non-hydrogen) atoms. The van der Waals surface area contributed by atoms with E-state index < -0.39 is 0 Å². The van der Waals surface area contributed by atoms with E-state index in [0.717, 1.165) is 25.2 Å². The van der Waals surface area contributed by atoms with E-state index in [9.17, 15) is 0 Å². The van der Waals surface area contributed by atoms with Gasteiger partial charge < -0.3 is 4.74 Å². The van der Waals surface area contributed by atoms with Crippen LogP contribution in [0.1, 0.15) is 47.5 Å². The molecule has 0 saturated carbocycles. The van der Waals surface area contributed by atoms with Crippen molar-refractivity contribution in [2.45, 2.75) is 65.6 Å². The normalized spacial score (nSPS) is 28.7. The van der Waals surface area contributed by atoms with Gasteiger partial charge in [0.15, 0.2) is 0 Å². The first-order valence-electron chi connectivity index (χ1n) is 7.95. The van der Waals surface area contributed by atoms with E-state index in [-0.39, 0.29) is 0 Å². The van der Waals surface area contributed by atoms with Gasteiger partial charge in [0, 0.05) is 31.7 Å². The predicted octanol–water partition coefficient (Wildman–Crippen LogP) is 2.61. The molecule has 2 bridgehead atoms. The maximum absolute atomic E-state index is 5.66. The lowest BCUT2D eigenvalue weighted by Gasteiger charge is -2.57. The molecular formula is C16H32N2O. The molecule has 3 rings (SSSR count). The molecule has 3 aliphatic heterocycles. The van der Waals surface area contributed by atoms with Crippen molar-refractivity contribution in [3.8, 4) is 0 Å². The number of piperidine rings is 1. The van der Waals surface area contributed by atoms with Crippen LogP contribution < -0.4 is 0 Å². The summed E-state index contributed by atoms with van der Waals surface area (Å²) in [6.07, 6.45) is 3.10. The van der Waals surface area contributed by atoms with E-state index in [0.29, 0.717) is 11.5 Å². The van der Waals surface area contributed by atoms with Crippen LogP contribution in [0.3, 0.4) is 0 Å². The summed E-state index contributed by atoms with van der Waals surface area (Å²) in [5, 5.41) is 0. The molecule has 3 heteroatoms. The predicted molar refractivity (Wildman–Crippen MR) is 80.5 cm³/mol. The molecule has 112 valence electrons. The van der Waals surface area contributed by atoms with E-state index in [1.807, 2.05) is 0 Å². The molecule has 0 aromatic rings. The second kappa shape index (κ2) is 6.11. The first-order valence-corrected chi connectivity index (χ1v) is 7.95. The molecule has 3 saturated heterocycles. The number of hydrogen-bond acceptors (Lipinski definition) is 3. The lowest BCUT2D eigenvalue weighted by molar-refractivity contribution is -0.0797. The smallest absolute Gasteiger partial charge is 0.0596 e. The van der Waals surface area contributed by atoms with Gasteiger partial charge in [-0.25, -0.2) is 0 Å². The molecule has 3 nitrogen and oxygen atoms in total. The average molecular weight is 268 g/mol. The fraction of sp³-hybridized carbons (Fsp3) is 1.00. The largest absolute Gasteiger partial charge is 0.377 e. The standard InChI is InChI=1S/C16H32N2O/c1-13(2)19-9-8-17-11-14-10-15(12-17)18(14)7-6-16(3,4)5/h13-15H,6-12H2,1-5H3. The second-order valence-corrected chi connectivity index (χ2v) is 7.77. The van der Waals surface area contributed by atoms with Crippen LogP contribution in [0, 0.1) is 5.41 Å². The number of ether oxygens (including phenoxy) is 1. The Morgan fingerprint density at radius 2 is 1.74 bits per heavy atom. The number of fused-ring (bicyclic) bond motifs is 2. The summed E-state index contributed by atoms with van der Waals surface area (Å²) in [5.41, 5.74) is 0.467. The number of rotatable bonds is 6. The molecule has 2 unspecified atom stereocenters. The highest BCUT2D eigenvalue weighted by molar-refractivity contribution is 5.00. The van der Waals surface area contributed by atoms with Gasteiger partial charge in [-0.15, -0.1) is 0 Å². The van der Waals surface area contributed by atoms with Crippen LogP contribution in [-0.4, -0.2) is 60.8 Å². The minimum atomic E-state index is 0.364. The van der Waals surface area contributed by atoms with Crippen LogP contribution in [0.2, 0.25) is 0 Å². The molecule has 0 aromatic heterocycles. The van der Waals surface area contributed by atoms with E-state index in [2.05, 4.69) is 44.4 Å². The number of piperazine rings is 1. The molecule has 3 aliphatic rings. The Morgan fingerprint density at radius 3 is 2.26 bits per heavy atom. The third kappa shape index (κ3) is 4.44. The van der Waals surface area contributed by atoms with Crippen molar-refractivity contribution in [1.82, 2.24) is 9.80 Å². The topological polar surface area (TPSA) is 15.7 Å². The van der Waals surface area contributed by atoms with Gasteiger partial charge in [0.25, 0.3) is 0 Å². The lowest BCUT2D eigenvalue weighted by atomic mass is 9.84. The van der Waals surface area contributed by atoms with Gasteiger partial charge in [-0.1, -0.05) is 20.8 Å². The molecule has 3 heterocycles. The summed E-state index contributed by atoms with van der Waals surface area (Å²) in [6.45, 7) is 17.1. The van der Waals surface area contributed by atoms with Crippen LogP contribution in [0.25, 0.3) is 0 Å². The van der Waals surface area contributed by atoms with Crippen molar-refractivity contribution < 1.29 is 4.74 Å². The second-order valence-electron chi connectivity index (χ2n) is 7.77. The van der Waals surface area contributed by atoms with Crippen molar-refractivity contribution in [3.05, 3.63) is 0 Å². The Balaban J connectivity index is 1.67. The lowest BCUT2D eigenvalue weighted by Crippen LogP contribution is -2.69. The van der Waals surface area contributed by atoms with Crippen molar-refractivity contribution in [2.75, 3.05) is 32.8 Å². The quantitative estimate of drug-likeness (QED) is 0.736. The van der Waals surface area contributed by atoms with Crippen molar-refractivity contribution in [2.24, 2.45) is 5.41 Å². The van der Waals surface area contributed by atoms with Crippen molar-refractivity contribution >= 4 is 0 Å². The minimum Gasteiger partial charge on any atom is -0.377 e. The van der Waals surface area contributed by atoms with E-state index in [4.69, 9.17) is 4.74 Å². The Labute approximate surface area is 119 Å². The summed E-state index contributed by atoms with van der Waals surface area (Å²) >= 11 is 0. The van der Waals surface area contributed by atoms with Crippen LogP contribution in [0.4, 0.5) is 0 Å². The third-order valence-electron chi connectivity index (χ3n) is 4.40. The zero-order valence-corrected chi connectivity index (χ0v) is 13.5. The van der Waals surface area contributed by atoms with Crippen molar-refractivity contribution in [1.29, 1.82) is 0 Å². The molecule has 0 amide bonds. The summed E-state index contributed by atoms with van der Waals surface area (Å²) in [7, 11) is 0. The molecule has 0 radical (unpaired) electrons. The Morgan fingerprint density at radius 1 is 1.11 bits per heavy atom. The molecule has 2 atom stereocenters. The molecule has 0 aromatic carbocycles. The summed E-state index contributed by atoms with van der Waals surface area (Å²) < 4.78 is 5.66.